The second-order valence-corrected chi connectivity index (χ2v) is 7.60. The lowest BCUT2D eigenvalue weighted by atomic mass is 9.98. The number of aliphatic hydroxyl groups is 1. The molecule has 152 valence electrons. The van der Waals surface area contributed by atoms with E-state index in [1.54, 1.807) is 12.1 Å². The molecule has 2 unspecified atom stereocenters. The van der Waals surface area contributed by atoms with Crippen LogP contribution in [-0.2, 0) is 6.18 Å². The predicted molar refractivity (Wildman–Crippen MR) is 103 cm³/mol. The van der Waals surface area contributed by atoms with E-state index in [9.17, 15) is 18.3 Å². The van der Waals surface area contributed by atoms with Crippen molar-refractivity contribution in [2.75, 3.05) is 26.2 Å². The molecule has 2 atom stereocenters. The van der Waals surface area contributed by atoms with Gasteiger partial charge in [0, 0.05) is 24.0 Å². The molecular formula is C21H23ClF3NO2. The molecule has 1 N–H and O–H groups in total. The van der Waals surface area contributed by atoms with Crippen molar-refractivity contribution in [2.45, 2.75) is 25.1 Å². The Morgan fingerprint density at radius 1 is 1.11 bits per heavy atom. The number of aliphatic hydroxyl groups excluding tert-OH is 1. The third kappa shape index (κ3) is 5.87. The molecule has 0 radical (unpaired) electrons. The summed E-state index contributed by atoms with van der Waals surface area (Å²) < 4.78 is 43.5. The van der Waals surface area contributed by atoms with Crippen LogP contribution in [0, 0.1) is 5.92 Å². The molecule has 1 aliphatic rings. The van der Waals surface area contributed by atoms with Gasteiger partial charge in [0.15, 0.2) is 0 Å². The topological polar surface area (TPSA) is 32.7 Å². The van der Waals surface area contributed by atoms with Crippen LogP contribution in [-0.4, -0.2) is 36.2 Å². The maximum atomic E-state index is 12.6. The number of β-amino-alcohol motifs (C(OH)–C–C–N with tert-alkyl or cyclic N) is 1. The third-order valence-corrected chi connectivity index (χ3v) is 5.21. The van der Waals surface area contributed by atoms with Crippen LogP contribution in [0.2, 0.25) is 5.02 Å². The average Bonchev–Trinajstić information content (AvgIpc) is 2.67. The Hall–Kier alpha value is -1.76. The van der Waals surface area contributed by atoms with Gasteiger partial charge in [-0.3, -0.25) is 0 Å². The lowest BCUT2D eigenvalue weighted by molar-refractivity contribution is -0.137. The van der Waals surface area contributed by atoms with Gasteiger partial charge in [-0.2, -0.15) is 13.2 Å². The van der Waals surface area contributed by atoms with Gasteiger partial charge in [0.25, 0.3) is 0 Å². The zero-order valence-electron chi connectivity index (χ0n) is 15.3. The summed E-state index contributed by atoms with van der Waals surface area (Å²) in [5.74, 6) is 0.708. The van der Waals surface area contributed by atoms with Crippen molar-refractivity contribution in [3.05, 3.63) is 64.7 Å². The van der Waals surface area contributed by atoms with Gasteiger partial charge in [-0.25, -0.2) is 0 Å². The van der Waals surface area contributed by atoms with Crippen LogP contribution in [0.25, 0.3) is 0 Å². The van der Waals surface area contributed by atoms with E-state index in [1.165, 1.54) is 12.1 Å². The molecule has 0 amide bonds. The number of ether oxygens (including phenoxy) is 1. The maximum absolute atomic E-state index is 12.6. The molecule has 0 aromatic heterocycles. The number of alkyl halides is 3. The van der Waals surface area contributed by atoms with Gasteiger partial charge >= 0.3 is 6.18 Å². The van der Waals surface area contributed by atoms with Crippen molar-refractivity contribution in [3.63, 3.8) is 0 Å². The van der Waals surface area contributed by atoms with Gasteiger partial charge in [-0.15, -0.1) is 0 Å². The Kier molecular flexibility index (Phi) is 6.86. The molecule has 3 nitrogen and oxygen atoms in total. The Labute approximate surface area is 167 Å². The second kappa shape index (κ2) is 9.16. The number of benzene rings is 2. The normalized spacial score (nSPS) is 19.4. The molecule has 3 rings (SSSR count). The molecule has 7 heteroatoms. The molecule has 28 heavy (non-hydrogen) atoms. The molecule has 1 saturated heterocycles. The monoisotopic (exact) mass is 413 g/mol. The number of rotatable bonds is 6. The van der Waals surface area contributed by atoms with Gasteiger partial charge in [0.1, 0.15) is 5.75 Å². The summed E-state index contributed by atoms with van der Waals surface area (Å²) in [5.41, 5.74) is 0.146. The van der Waals surface area contributed by atoms with Crippen molar-refractivity contribution < 1.29 is 23.0 Å². The fourth-order valence-electron chi connectivity index (χ4n) is 3.44. The first-order valence-electron chi connectivity index (χ1n) is 9.27. The van der Waals surface area contributed by atoms with Gasteiger partial charge in [-0.05, 0) is 61.3 Å². The van der Waals surface area contributed by atoms with E-state index in [-0.39, 0.29) is 5.92 Å². The first-order valence-corrected chi connectivity index (χ1v) is 9.65. The van der Waals surface area contributed by atoms with Gasteiger partial charge < -0.3 is 14.7 Å². The van der Waals surface area contributed by atoms with Crippen LogP contribution in [0.4, 0.5) is 13.2 Å². The third-order valence-electron chi connectivity index (χ3n) is 4.96. The Morgan fingerprint density at radius 2 is 1.79 bits per heavy atom. The molecule has 0 aliphatic carbocycles. The second-order valence-electron chi connectivity index (χ2n) is 7.17. The van der Waals surface area contributed by atoms with Crippen LogP contribution >= 0.6 is 11.6 Å². The SMILES string of the molecule is OC(CN1CCCC(COc2ccc(C(F)(F)F)cc2)C1)c1ccc(Cl)cc1. The quantitative estimate of drug-likeness (QED) is 0.708. The molecule has 1 fully saturated rings. The van der Waals surface area contributed by atoms with Gasteiger partial charge in [0.2, 0.25) is 0 Å². The first-order chi connectivity index (χ1) is 13.3. The summed E-state index contributed by atoms with van der Waals surface area (Å²) in [6.45, 7) is 2.66. The highest BCUT2D eigenvalue weighted by Crippen LogP contribution is 2.30. The van der Waals surface area contributed by atoms with E-state index in [0.29, 0.717) is 23.9 Å². The van der Waals surface area contributed by atoms with E-state index < -0.39 is 17.8 Å². The molecule has 1 heterocycles. The summed E-state index contributed by atoms with van der Waals surface area (Å²) in [6.07, 6.45) is -2.94. The number of nitrogens with zero attached hydrogens (tertiary/aromatic N) is 1. The summed E-state index contributed by atoms with van der Waals surface area (Å²) in [4.78, 5) is 2.20. The largest absolute Gasteiger partial charge is 0.493 e. The van der Waals surface area contributed by atoms with E-state index in [1.807, 2.05) is 12.1 Å². The van der Waals surface area contributed by atoms with Crippen LogP contribution in [0.1, 0.15) is 30.1 Å². The van der Waals surface area contributed by atoms with Crippen LogP contribution in [0.5, 0.6) is 5.75 Å². The van der Waals surface area contributed by atoms with Crippen molar-refractivity contribution in [3.8, 4) is 5.75 Å². The maximum Gasteiger partial charge on any atom is 0.416 e. The highest BCUT2D eigenvalue weighted by molar-refractivity contribution is 6.30. The van der Waals surface area contributed by atoms with E-state index in [0.717, 1.165) is 43.6 Å². The molecule has 2 aromatic rings. The summed E-state index contributed by atoms with van der Waals surface area (Å²) in [6, 6.07) is 11.9. The first kappa shape index (κ1) is 21.0. The Bertz CT molecular complexity index is 750. The van der Waals surface area contributed by atoms with Crippen LogP contribution < -0.4 is 4.74 Å². The lowest BCUT2D eigenvalue weighted by Gasteiger charge is -2.33. The Balaban J connectivity index is 1.48. The molecule has 1 aliphatic heterocycles. The van der Waals surface area contributed by atoms with Crippen LogP contribution in [0.3, 0.4) is 0 Å². The highest BCUT2D eigenvalue weighted by Gasteiger charge is 2.30. The smallest absolute Gasteiger partial charge is 0.416 e. The van der Waals surface area contributed by atoms with Crippen molar-refractivity contribution in [1.29, 1.82) is 0 Å². The molecule has 0 bridgehead atoms. The zero-order chi connectivity index (χ0) is 20.1. The molecular weight excluding hydrogens is 391 g/mol. The fraction of sp³-hybridized carbons (Fsp3) is 0.429. The van der Waals surface area contributed by atoms with Gasteiger partial charge in [-0.1, -0.05) is 23.7 Å². The van der Waals surface area contributed by atoms with E-state index in [2.05, 4.69) is 4.90 Å². The van der Waals surface area contributed by atoms with E-state index in [4.69, 9.17) is 16.3 Å². The lowest BCUT2D eigenvalue weighted by Crippen LogP contribution is -2.39. The minimum atomic E-state index is -4.34. The number of hydrogen-bond donors (Lipinski definition) is 1. The molecule has 2 aromatic carbocycles. The summed E-state index contributed by atoms with van der Waals surface area (Å²) in [7, 11) is 0. The number of piperidine rings is 1. The summed E-state index contributed by atoms with van der Waals surface area (Å²) in [5, 5.41) is 11.1. The van der Waals surface area contributed by atoms with Crippen molar-refractivity contribution >= 4 is 11.6 Å². The summed E-state index contributed by atoms with van der Waals surface area (Å²) >= 11 is 5.88. The molecule has 0 saturated carbocycles. The standard InChI is InChI=1S/C21H23ClF3NO2/c22-18-7-3-16(4-8-18)20(27)13-26-11-1-2-15(12-26)14-28-19-9-5-17(6-10-19)21(23,24)25/h3-10,15,20,27H,1-2,11-14H2. The minimum absolute atomic E-state index is 0.272. The number of hydrogen-bond acceptors (Lipinski definition) is 3. The van der Waals surface area contributed by atoms with E-state index >= 15 is 0 Å². The highest BCUT2D eigenvalue weighted by atomic mass is 35.5. The van der Waals surface area contributed by atoms with Crippen LogP contribution in [0.15, 0.2) is 48.5 Å². The number of halogens is 4. The van der Waals surface area contributed by atoms with Crippen molar-refractivity contribution in [1.82, 2.24) is 4.90 Å². The zero-order valence-corrected chi connectivity index (χ0v) is 16.1. The Morgan fingerprint density at radius 3 is 2.43 bits per heavy atom. The van der Waals surface area contributed by atoms with Gasteiger partial charge in [0.05, 0.1) is 18.3 Å². The fourth-order valence-corrected chi connectivity index (χ4v) is 3.57. The minimum Gasteiger partial charge on any atom is -0.493 e. The average molecular weight is 414 g/mol. The number of likely N-dealkylation sites (tertiary alicyclic amines) is 1. The molecule has 0 spiro atoms. The van der Waals surface area contributed by atoms with Crippen molar-refractivity contribution in [2.24, 2.45) is 5.92 Å². The predicted octanol–water partition coefficient (Wildman–Crippen LogP) is 5.18.